The molecule has 0 spiro atoms. The average Bonchev–Trinajstić information content (AvgIpc) is 3.05. The Kier molecular flexibility index (Phi) is 6.20. The van der Waals surface area contributed by atoms with Crippen LogP contribution in [-0.2, 0) is 19.7 Å². The summed E-state index contributed by atoms with van der Waals surface area (Å²) >= 11 is 0. The Morgan fingerprint density at radius 2 is 1.96 bits per heavy atom. The summed E-state index contributed by atoms with van der Waals surface area (Å²) < 4.78 is 4.62. The monoisotopic (exact) mass is 317 g/mol. The molecule has 0 aliphatic heterocycles. The number of unbranched alkanes of at least 4 members (excludes halogenated alkanes) is 1. The Morgan fingerprint density at radius 1 is 1.22 bits per heavy atom. The Balaban J connectivity index is 1.93. The minimum Gasteiger partial charge on any atom is -0.469 e. The highest BCUT2D eigenvalue weighted by atomic mass is 16.5. The molecule has 1 aliphatic carbocycles. The number of esters is 1. The number of benzene rings is 1. The number of methoxy groups -OCH3 is 1. The number of hydrogen-bond acceptors (Lipinski definition) is 3. The van der Waals surface area contributed by atoms with Crippen LogP contribution in [0.25, 0.3) is 0 Å². The van der Waals surface area contributed by atoms with E-state index in [1.807, 2.05) is 6.07 Å². The molecule has 0 bridgehead atoms. The van der Waals surface area contributed by atoms with Crippen LogP contribution in [0.2, 0.25) is 0 Å². The van der Waals surface area contributed by atoms with E-state index in [0.717, 1.165) is 44.1 Å². The zero-order valence-corrected chi connectivity index (χ0v) is 14.2. The molecule has 0 atom stereocenters. The van der Waals surface area contributed by atoms with Gasteiger partial charge in [0, 0.05) is 13.0 Å². The first-order valence-corrected chi connectivity index (χ1v) is 8.51. The predicted molar refractivity (Wildman–Crippen MR) is 90.2 cm³/mol. The van der Waals surface area contributed by atoms with Crippen LogP contribution >= 0.6 is 0 Å². The molecule has 126 valence electrons. The molecule has 1 fully saturated rings. The van der Waals surface area contributed by atoms with Crippen molar-refractivity contribution in [1.29, 1.82) is 0 Å². The van der Waals surface area contributed by atoms with Gasteiger partial charge in [-0.05, 0) is 38.2 Å². The van der Waals surface area contributed by atoms with Gasteiger partial charge in [0.1, 0.15) is 0 Å². The van der Waals surface area contributed by atoms with E-state index in [9.17, 15) is 9.59 Å². The molecule has 1 aromatic rings. The van der Waals surface area contributed by atoms with Crippen molar-refractivity contribution in [3.8, 4) is 0 Å². The molecule has 1 aromatic carbocycles. The lowest BCUT2D eigenvalue weighted by Gasteiger charge is -2.28. The van der Waals surface area contributed by atoms with E-state index in [1.165, 1.54) is 12.7 Å². The summed E-state index contributed by atoms with van der Waals surface area (Å²) in [5, 5.41) is 3.08. The summed E-state index contributed by atoms with van der Waals surface area (Å²) in [4.78, 5) is 23.9. The SMILES string of the molecule is COC(=O)CCCCNC(=O)C1(c2cccc(C)c2)CCCC1. The third-order valence-corrected chi connectivity index (χ3v) is 4.78. The summed E-state index contributed by atoms with van der Waals surface area (Å²) in [5.41, 5.74) is 1.97. The molecule has 2 rings (SSSR count). The molecular formula is C19H27NO3. The van der Waals surface area contributed by atoms with Gasteiger partial charge in [-0.2, -0.15) is 0 Å². The van der Waals surface area contributed by atoms with Gasteiger partial charge in [0.2, 0.25) is 5.91 Å². The predicted octanol–water partition coefficient (Wildman–Crippen LogP) is 3.27. The molecule has 1 aliphatic rings. The van der Waals surface area contributed by atoms with E-state index in [-0.39, 0.29) is 17.3 Å². The summed E-state index contributed by atoms with van der Waals surface area (Å²) in [6.07, 6.45) is 5.99. The molecule has 0 saturated heterocycles. The largest absolute Gasteiger partial charge is 0.469 e. The van der Waals surface area contributed by atoms with Crippen LogP contribution in [0, 0.1) is 6.92 Å². The molecule has 1 saturated carbocycles. The second-order valence-corrected chi connectivity index (χ2v) is 6.45. The molecule has 1 amide bonds. The Morgan fingerprint density at radius 3 is 2.61 bits per heavy atom. The van der Waals surface area contributed by atoms with Gasteiger partial charge in [0.25, 0.3) is 0 Å². The molecule has 23 heavy (non-hydrogen) atoms. The van der Waals surface area contributed by atoms with E-state index in [2.05, 4.69) is 35.2 Å². The smallest absolute Gasteiger partial charge is 0.305 e. The Labute approximate surface area is 138 Å². The number of ether oxygens (including phenoxy) is 1. The highest BCUT2D eigenvalue weighted by Gasteiger charge is 2.42. The lowest BCUT2D eigenvalue weighted by atomic mass is 9.77. The first-order chi connectivity index (χ1) is 11.1. The topological polar surface area (TPSA) is 55.4 Å². The van der Waals surface area contributed by atoms with Crippen molar-refractivity contribution in [3.05, 3.63) is 35.4 Å². The summed E-state index contributed by atoms with van der Waals surface area (Å²) in [5.74, 6) is -0.0537. The lowest BCUT2D eigenvalue weighted by molar-refractivity contribution is -0.140. The van der Waals surface area contributed by atoms with Crippen molar-refractivity contribution in [2.75, 3.05) is 13.7 Å². The molecule has 4 nitrogen and oxygen atoms in total. The number of carbonyl (C=O) groups is 2. The molecule has 0 unspecified atom stereocenters. The average molecular weight is 317 g/mol. The fourth-order valence-electron chi connectivity index (χ4n) is 3.44. The van der Waals surface area contributed by atoms with Gasteiger partial charge in [-0.15, -0.1) is 0 Å². The zero-order chi connectivity index (χ0) is 16.7. The van der Waals surface area contributed by atoms with Gasteiger partial charge < -0.3 is 10.1 Å². The van der Waals surface area contributed by atoms with E-state index in [1.54, 1.807) is 0 Å². The summed E-state index contributed by atoms with van der Waals surface area (Å²) in [6.45, 7) is 2.68. The van der Waals surface area contributed by atoms with Crippen molar-refractivity contribution in [3.63, 3.8) is 0 Å². The van der Waals surface area contributed by atoms with Gasteiger partial charge in [-0.3, -0.25) is 9.59 Å². The van der Waals surface area contributed by atoms with Crippen molar-refractivity contribution >= 4 is 11.9 Å². The molecule has 0 aromatic heterocycles. The van der Waals surface area contributed by atoms with Gasteiger partial charge in [0.05, 0.1) is 12.5 Å². The fraction of sp³-hybridized carbons (Fsp3) is 0.579. The Hall–Kier alpha value is -1.84. The Bertz CT molecular complexity index is 547. The quantitative estimate of drug-likeness (QED) is 0.620. The van der Waals surface area contributed by atoms with Crippen molar-refractivity contribution in [2.45, 2.75) is 57.3 Å². The van der Waals surface area contributed by atoms with Gasteiger partial charge in [0.15, 0.2) is 0 Å². The number of carbonyl (C=O) groups excluding carboxylic acids is 2. The van der Waals surface area contributed by atoms with Crippen LogP contribution in [0.5, 0.6) is 0 Å². The molecule has 0 radical (unpaired) electrons. The molecule has 0 heterocycles. The van der Waals surface area contributed by atoms with Crippen LogP contribution in [0.1, 0.15) is 56.1 Å². The fourth-order valence-corrected chi connectivity index (χ4v) is 3.44. The summed E-state index contributed by atoms with van der Waals surface area (Å²) in [6, 6.07) is 8.32. The minimum absolute atomic E-state index is 0.138. The normalized spacial score (nSPS) is 16.1. The van der Waals surface area contributed by atoms with Crippen LogP contribution in [0.15, 0.2) is 24.3 Å². The number of nitrogens with one attached hydrogen (secondary N) is 1. The zero-order valence-electron chi connectivity index (χ0n) is 14.2. The third-order valence-electron chi connectivity index (χ3n) is 4.78. The second kappa shape index (κ2) is 8.14. The number of rotatable bonds is 7. The highest BCUT2D eigenvalue weighted by molar-refractivity contribution is 5.88. The number of hydrogen-bond donors (Lipinski definition) is 1. The van der Waals surface area contributed by atoms with Crippen LogP contribution in [-0.4, -0.2) is 25.5 Å². The van der Waals surface area contributed by atoms with Gasteiger partial charge >= 0.3 is 5.97 Å². The van der Waals surface area contributed by atoms with Crippen molar-refractivity contribution in [1.82, 2.24) is 5.32 Å². The summed E-state index contributed by atoms with van der Waals surface area (Å²) in [7, 11) is 1.40. The third kappa shape index (κ3) is 4.34. The van der Waals surface area contributed by atoms with Crippen LogP contribution < -0.4 is 5.32 Å². The van der Waals surface area contributed by atoms with E-state index in [4.69, 9.17) is 0 Å². The van der Waals surface area contributed by atoms with Crippen molar-refractivity contribution in [2.24, 2.45) is 0 Å². The highest BCUT2D eigenvalue weighted by Crippen LogP contribution is 2.41. The number of aryl methyl sites for hydroxylation is 1. The van der Waals surface area contributed by atoms with E-state index < -0.39 is 0 Å². The second-order valence-electron chi connectivity index (χ2n) is 6.45. The van der Waals surface area contributed by atoms with E-state index in [0.29, 0.717) is 13.0 Å². The molecular weight excluding hydrogens is 290 g/mol. The van der Waals surface area contributed by atoms with E-state index >= 15 is 0 Å². The molecule has 1 N–H and O–H groups in total. The minimum atomic E-state index is -0.367. The van der Waals surface area contributed by atoms with Crippen LogP contribution in [0.4, 0.5) is 0 Å². The van der Waals surface area contributed by atoms with Gasteiger partial charge in [-0.25, -0.2) is 0 Å². The first kappa shape index (κ1) is 17.5. The maximum atomic E-state index is 12.8. The van der Waals surface area contributed by atoms with Gasteiger partial charge in [-0.1, -0.05) is 42.7 Å². The maximum Gasteiger partial charge on any atom is 0.305 e. The first-order valence-electron chi connectivity index (χ1n) is 8.51. The molecule has 4 heteroatoms. The van der Waals surface area contributed by atoms with Crippen molar-refractivity contribution < 1.29 is 14.3 Å². The lowest BCUT2D eigenvalue weighted by Crippen LogP contribution is -2.43. The maximum absolute atomic E-state index is 12.8. The standard InChI is InChI=1S/C19H27NO3/c1-15-8-7-9-16(14-15)19(11-4-5-12-19)18(22)20-13-6-3-10-17(21)23-2/h7-9,14H,3-6,10-13H2,1-2H3,(H,20,22). The van der Waals surface area contributed by atoms with Crippen LogP contribution in [0.3, 0.4) is 0 Å². The number of amides is 1.